The van der Waals surface area contributed by atoms with Crippen molar-refractivity contribution >= 4 is 11.6 Å². The van der Waals surface area contributed by atoms with Gasteiger partial charge in [-0.1, -0.05) is 38.5 Å². The van der Waals surface area contributed by atoms with Crippen LogP contribution >= 0.6 is 0 Å². The van der Waals surface area contributed by atoms with Crippen molar-refractivity contribution in [1.29, 1.82) is 5.41 Å². The first-order chi connectivity index (χ1) is 13.1. The van der Waals surface area contributed by atoms with Crippen LogP contribution in [0.4, 0.5) is 0 Å². The number of rotatable bonds is 14. The van der Waals surface area contributed by atoms with Crippen molar-refractivity contribution in [3.05, 3.63) is 48.0 Å². The summed E-state index contributed by atoms with van der Waals surface area (Å²) in [5.41, 5.74) is 7.53. The SMILES string of the molecule is C=C(C)CN(/C(NC)=C(/C=C\CN/C=C\C(C)=N)C(N)=O)C(C)(CC)CCC. The van der Waals surface area contributed by atoms with E-state index in [9.17, 15) is 4.79 Å². The highest BCUT2D eigenvalue weighted by atomic mass is 16.1. The number of carbonyl (C=O) groups excluding carboxylic acids is 1. The molecule has 6 nitrogen and oxygen atoms in total. The van der Waals surface area contributed by atoms with Crippen LogP contribution in [0.3, 0.4) is 0 Å². The molecule has 0 aliphatic carbocycles. The normalized spacial score (nSPS) is 14.5. The summed E-state index contributed by atoms with van der Waals surface area (Å²) >= 11 is 0. The lowest BCUT2D eigenvalue weighted by Gasteiger charge is -2.44. The van der Waals surface area contributed by atoms with Gasteiger partial charge in [0.1, 0.15) is 5.82 Å². The summed E-state index contributed by atoms with van der Waals surface area (Å²) in [5.74, 6) is 0.239. The third-order valence-electron chi connectivity index (χ3n) is 4.63. The van der Waals surface area contributed by atoms with Crippen LogP contribution in [0.2, 0.25) is 0 Å². The summed E-state index contributed by atoms with van der Waals surface area (Å²) < 4.78 is 0. The fourth-order valence-electron chi connectivity index (χ4n) is 3.04. The van der Waals surface area contributed by atoms with Gasteiger partial charge in [0.2, 0.25) is 0 Å². The van der Waals surface area contributed by atoms with Gasteiger partial charge in [-0.3, -0.25) is 4.79 Å². The molecule has 0 aliphatic heterocycles. The first-order valence-electron chi connectivity index (χ1n) is 9.88. The van der Waals surface area contributed by atoms with Crippen LogP contribution in [0, 0.1) is 5.41 Å². The number of nitrogens with zero attached hydrogens (tertiary/aromatic N) is 1. The number of hydrogen-bond donors (Lipinski definition) is 4. The molecule has 0 radical (unpaired) electrons. The van der Waals surface area contributed by atoms with Crippen molar-refractivity contribution in [2.24, 2.45) is 5.73 Å². The Hall–Kier alpha value is -2.50. The Labute approximate surface area is 171 Å². The summed E-state index contributed by atoms with van der Waals surface area (Å²) in [6, 6.07) is 0. The molecular weight excluding hydrogens is 350 g/mol. The first-order valence-corrected chi connectivity index (χ1v) is 9.88. The molecule has 0 bridgehead atoms. The molecule has 0 aliphatic rings. The molecule has 0 saturated carbocycles. The van der Waals surface area contributed by atoms with E-state index in [4.69, 9.17) is 11.1 Å². The summed E-state index contributed by atoms with van der Waals surface area (Å²) in [5, 5.41) is 13.6. The molecule has 0 rings (SSSR count). The predicted octanol–water partition coefficient (Wildman–Crippen LogP) is 3.45. The molecule has 0 aromatic carbocycles. The quantitative estimate of drug-likeness (QED) is 0.120. The van der Waals surface area contributed by atoms with Crippen molar-refractivity contribution in [3.63, 3.8) is 0 Å². The van der Waals surface area contributed by atoms with Crippen molar-refractivity contribution < 1.29 is 4.79 Å². The highest BCUT2D eigenvalue weighted by molar-refractivity contribution is 5.95. The smallest absolute Gasteiger partial charge is 0.252 e. The molecule has 6 heteroatoms. The van der Waals surface area contributed by atoms with Gasteiger partial charge < -0.3 is 26.7 Å². The second-order valence-corrected chi connectivity index (χ2v) is 7.35. The van der Waals surface area contributed by atoms with Crippen LogP contribution in [0.25, 0.3) is 0 Å². The van der Waals surface area contributed by atoms with Crippen molar-refractivity contribution in [2.75, 3.05) is 20.1 Å². The molecule has 0 aromatic heterocycles. The maximum atomic E-state index is 12.2. The van der Waals surface area contributed by atoms with Crippen molar-refractivity contribution in [3.8, 4) is 0 Å². The van der Waals surface area contributed by atoms with Gasteiger partial charge >= 0.3 is 0 Å². The zero-order valence-electron chi connectivity index (χ0n) is 18.5. The lowest BCUT2D eigenvalue weighted by atomic mass is 9.89. The lowest BCUT2D eigenvalue weighted by molar-refractivity contribution is -0.114. The van der Waals surface area contributed by atoms with Gasteiger partial charge in [0, 0.05) is 31.4 Å². The van der Waals surface area contributed by atoms with E-state index >= 15 is 0 Å². The standard InChI is InChI=1S/C22H39N5O/c1-8-13-22(6,9-2)27(16-17(3)4)21(25-7)19(20(24)28)11-10-14-26-15-12-18(5)23/h10-12,15,23,25-26H,3,8-9,13-14,16H2,1-2,4-7H3,(H2,24,28)/b11-10-,15-12-,21-19-,23-18?. The molecule has 0 spiro atoms. The topological polar surface area (TPSA) is 94.2 Å². The van der Waals surface area contributed by atoms with E-state index in [1.165, 1.54) is 0 Å². The van der Waals surface area contributed by atoms with E-state index in [0.29, 0.717) is 24.4 Å². The number of hydrogen-bond acceptors (Lipinski definition) is 5. The van der Waals surface area contributed by atoms with Crippen LogP contribution in [-0.2, 0) is 4.79 Å². The van der Waals surface area contributed by atoms with Crippen LogP contribution in [0.1, 0.15) is 53.9 Å². The average Bonchev–Trinajstić information content (AvgIpc) is 2.61. The van der Waals surface area contributed by atoms with Gasteiger partial charge in [0.25, 0.3) is 5.91 Å². The Balaban J connectivity index is 5.94. The zero-order chi connectivity index (χ0) is 21.7. The van der Waals surface area contributed by atoms with Gasteiger partial charge in [-0.25, -0.2) is 0 Å². The lowest BCUT2D eigenvalue weighted by Crippen LogP contribution is -2.49. The van der Waals surface area contributed by atoms with E-state index in [1.54, 1.807) is 25.3 Å². The molecule has 0 fully saturated rings. The summed E-state index contributed by atoms with van der Waals surface area (Å²) in [6.45, 7) is 15.5. The summed E-state index contributed by atoms with van der Waals surface area (Å²) in [7, 11) is 1.81. The predicted molar refractivity (Wildman–Crippen MR) is 120 cm³/mol. The molecule has 1 unspecified atom stereocenters. The molecule has 1 atom stereocenters. The third-order valence-corrected chi connectivity index (χ3v) is 4.63. The van der Waals surface area contributed by atoms with Crippen LogP contribution in [-0.4, -0.2) is 42.2 Å². The highest BCUT2D eigenvalue weighted by Gasteiger charge is 2.32. The maximum absolute atomic E-state index is 12.2. The van der Waals surface area contributed by atoms with E-state index in [2.05, 4.69) is 42.9 Å². The van der Waals surface area contributed by atoms with Gasteiger partial charge in [-0.2, -0.15) is 0 Å². The van der Waals surface area contributed by atoms with Crippen molar-refractivity contribution in [2.45, 2.75) is 59.4 Å². The summed E-state index contributed by atoms with van der Waals surface area (Å²) in [4.78, 5) is 14.5. The van der Waals surface area contributed by atoms with E-state index in [-0.39, 0.29) is 5.54 Å². The molecule has 1 amide bonds. The Bertz CT molecular complexity index is 633. The van der Waals surface area contributed by atoms with Crippen LogP contribution in [0.5, 0.6) is 0 Å². The van der Waals surface area contributed by atoms with Gasteiger partial charge in [0.15, 0.2) is 0 Å². The van der Waals surface area contributed by atoms with Crippen LogP contribution in [0.15, 0.2) is 48.0 Å². The van der Waals surface area contributed by atoms with Crippen molar-refractivity contribution in [1.82, 2.24) is 15.5 Å². The molecule has 0 saturated heterocycles. The number of carbonyl (C=O) groups is 1. The number of nitrogens with one attached hydrogen (secondary N) is 3. The number of primary amides is 1. The minimum absolute atomic E-state index is 0.122. The average molecular weight is 390 g/mol. The largest absolute Gasteiger partial charge is 0.387 e. The Morgan fingerprint density at radius 3 is 2.36 bits per heavy atom. The maximum Gasteiger partial charge on any atom is 0.252 e. The number of amides is 1. The molecule has 28 heavy (non-hydrogen) atoms. The Morgan fingerprint density at radius 1 is 1.29 bits per heavy atom. The second-order valence-electron chi connectivity index (χ2n) is 7.35. The third kappa shape index (κ3) is 8.46. The molecule has 158 valence electrons. The Morgan fingerprint density at radius 2 is 1.93 bits per heavy atom. The van der Waals surface area contributed by atoms with Gasteiger partial charge in [-0.05, 0) is 52.0 Å². The first kappa shape index (κ1) is 25.5. The summed E-state index contributed by atoms with van der Waals surface area (Å²) in [6.07, 6.45) is 9.95. The molecular formula is C22H39N5O. The molecule has 5 N–H and O–H groups in total. The Kier molecular flexibility index (Phi) is 11.7. The van der Waals surface area contributed by atoms with Gasteiger partial charge in [0.05, 0.1) is 5.57 Å². The fourth-order valence-corrected chi connectivity index (χ4v) is 3.04. The monoisotopic (exact) mass is 389 g/mol. The van der Waals surface area contributed by atoms with E-state index in [1.807, 2.05) is 20.0 Å². The highest BCUT2D eigenvalue weighted by Crippen LogP contribution is 2.30. The molecule has 0 heterocycles. The molecule has 0 aromatic rings. The minimum Gasteiger partial charge on any atom is -0.387 e. The van der Waals surface area contributed by atoms with Gasteiger partial charge in [-0.15, -0.1) is 0 Å². The zero-order valence-corrected chi connectivity index (χ0v) is 18.5. The van der Waals surface area contributed by atoms with E-state index < -0.39 is 5.91 Å². The number of nitrogens with two attached hydrogens (primary N) is 1. The number of allylic oxidation sites excluding steroid dienone is 1. The fraction of sp³-hybridized carbons (Fsp3) is 0.545. The van der Waals surface area contributed by atoms with E-state index in [0.717, 1.165) is 30.7 Å². The van der Waals surface area contributed by atoms with Crippen LogP contribution < -0.4 is 16.4 Å². The minimum atomic E-state index is -0.479. The second kappa shape index (κ2) is 12.8.